The van der Waals surface area contributed by atoms with Gasteiger partial charge in [0.1, 0.15) is 0 Å². The molecule has 3 amide bonds. The van der Waals surface area contributed by atoms with Gasteiger partial charge in [0, 0.05) is 18.1 Å². The highest BCUT2D eigenvalue weighted by Gasteiger charge is 2.14. The van der Waals surface area contributed by atoms with Gasteiger partial charge >= 0.3 is 6.03 Å². The van der Waals surface area contributed by atoms with Gasteiger partial charge in [0.15, 0.2) is 5.16 Å². The zero-order valence-corrected chi connectivity index (χ0v) is 15.3. The molecule has 8 heteroatoms. The summed E-state index contributed by atoms with van der Waals surface area (Å²) in [5.74, 6) is -0.220. The van der Waals surface area contributed by atoms with E-state index >= 15 is 0 Å². The van der Waals surface area contributed by atoms with Crippen LogP contribution in [0.25, 0.3) is 11.0 Å². The number of imide groups is 1. The first-order chi connectivity index (χ1) is 11.5. The standard InChI is InChI=1S/C16H21ClN4O2S/c1-3-7-18-15(23)20-14(22)10-24-16-19-12-9-11(17)5-6-13(12)21(16)8-4-2/h5-6,9H,3-4,7-8,10H2,1-2H3,(H2,18,20,22,23). The molecule has 1 aromatic carbocycles. The summed E-state index contributed by atoms with van der Waals surface area (Å²) >= 11 is 7.33. The predicted molar refractivity (Wildman–Crippen MR) is 97.6 cm³/mol. The second kappa shape index (κ2) is 8.94. The van der Waals surface area contributed by atoms with E-state index in [9.17, 15) is 9.59 Å². The molecule has 130 valence electrons. The second-order valence-electron chi connectivity index (χ2n) is 5.27. The summed E-state index contributed by atoms with van der Waals surface area (Å²) in [6.07, 6.45) is 1.77. The number of nitrogens with zero attached hydrogens (tertiary/aromatic N) is 2. The van der Waals surface area contributed by atoms with Crippen molar-refractivity contribution in [2.24, 2.45) is 0 Å². The van der Waals surface area contributed by atoms with Gasteiger partial charge in [-0.3, -0.25) is 10.1 Å². The number of rotatable bonds is 7. The first-order valence-corrected chi connectivity index (χ1v) is 9.27. The predicted octanol–water partition coefficient (Wildman–Crippen LogP) is 3.43. The van der Waals surface area contributed by atoms with Gasteiger partial charge in [-0.15, -0.1) is 0 Å². The molecule has 0 aliphatic carbocycles. The van der Waals surface area contributed by atoms with E-state index < -0.39 is 6.03 Å². The van der Waals surface area contributed by atoms with Crippen LogP contribution in [0.2, 0.25) is 5.02 Å². The Hall–Kier alpha value is -1.73. The smallest absolute Gasteiger partial charge is 0.321 e. The van der Waals surface area contributed by atoms with Crippen LogP contribution in [0.5, 0.6) is 0 Å². The van der Waals surface area contributed by atoms with Crippen molar-refractivity contribution in [2.45, 2.75) is 38.4 Å². The molecule has 24 heavy (non-hydrogen) atoms. The zero-order valence-electron chi connectivity index (χ0n) is 13.8. The van der Waals surface area contributed by atoms with Crippen LogP contribution in [0.1, 0.15) is 26.7 Å². The average molecular weight is 369 g/mol. The molecule has 0 saturated heterocycles. The molecule has 0 aliphatic rings. The third kappa shape index (κ3) is 4.88. The summed E-state index contributed by atoms with van der Waals surface area (Å²) in [7, 11) is 0. The second-order valence-corrected chi connectivity index (χ2v) is 6.65. The molecule has 0 fully saturated rings. The lowest BCUT2D eigenvalue weighted by atomic mass is 10.3. The average Bonchev–Trinajstić information content (AvgIpc) is 2.88. The van der Waals surface area contributed by atoms with Crippen molar-refractivity contribution >= 4 is 46.3 Å². The number of halogens is 1. The molecule has 2 N–H and O–H groups in total. The van der Waals surface area contributed by atoms with Crippen molar-refractivity contribution in [3.63, 3.8) is 0 Å². The van der Waals surface area contributed by atoms with E-state index in [1.165, 1.54) is 11.8 Å². The lowest BCUT2D eigenvalue weighted by Crippen LogP contribution is -2.40. The van der Waals surface area contributed by atoms with Gasteiger partial charge in [-0.25, -0.2) is 9.78 Å². The number of fused-ring (bicyclic) bond motifs is 1. The molecular formula is C16H21ClN4O2S. The fourth-order valence-corrected chi connectivity index (χ4v) is 3.21. The van der Waals surface area contributed by atoms with Crippen LogP contribution in [-0.2, 0) is 11.3 Å². The number of amides is 3. The molecule has 0 spiro atoms. The molecule has 2 rings (SSSR count). The van der Waals surface area contributed by atoms with Crippen molar-refractivity contribution in [1.29, 1.82) is 0 Å². The van der Waals surface area contributed by atoms with Gasteiger partial charge in [0.2, 0.25) is 5.91 Å². The monoisotopic (exact) mass is 368 g/mol. The maximum absolute atomic E-state index is 11.9. The van der Waals surface area contributed by atoms with E-state index in [0.717, 1.165) is 35.6 Å². The molecule has 0 atom stereocenters. The fraction of sp³-hybridized carbons (Fsp3) is 0.438. The Labute approximate surface area is 150 Å². The van der Waals surface area contributed by atoms with Crippen LogP contribution < -0.4 is 10.6 Å². The molecule has 0 bridgehead atoms. The van der Waals surface area contributed by atoms with E-state index in [2.05, 4.69) is 27.1 Å². The lowest BCUT2D eigenvalue weighted by Gasteiger charge is -2.08. The third-order valence-electron chi connectivity index (χ3n) is 3.24. The number of hydrogen-bond donors (Lipinski definition) is 2. The normalized spacial score (nSPS) is 10.8. The van der Waals surface area contributed by atoms with E-state index in [1.54, 1.807) is 0 Å². The highest BCUT2D eigenvalue weighted by molar-refractivity contribution is 7.99. The van der Waals surface area contributed by atoms with Gasteiger partial charge in [0.25, 0.3) is 0 Å². The Balaban J connectivity index is 2.05. The number of aryl methyl sites for hydroxylation is 1. The molecule has 2 aromatic rings. The molecular weight excluding hydrogens is 348 g/mol. The number of hydrogen-bond acceptors (Lipinski definition) is 4. The molecule has 0 radical (unpaired) electrons. The summed E-state index contributed by atoms with van der Waals surface area (Å²) in [4.78, 5) is 27.9. The van der Waals surface area contributed by atoms with Crippen molar-refractivity contribution < 1.29 is 9.59 Å². The van der Waals surface area contributed by atoms with Crippen molar-refractivity contribution in [3.8, 4) is 0 Å². The van der Waals surface area contributed by atoms with Gasteiger partial charge in [0.05, 0.1) is 16.8 Å². The number of aromatic nitrogens is 2. The Bertz CT molecular complexity index is 732. The zero-order chi connectivity index (χ0) is 17.5. The number of benzene rings is 1. The minimum atomic E-state index is -0.462. The molecule has 6 nitrogen and oxygen atoms in total. The van der Waals surface area contributed by atoms with Crippen LogP contribution in [0.3, 0.4) is 0 Å². The van der Waals surface area contributed by atoms with Gasteiger partial charge in [-0.2, -0.15) is 0 Å². The highest BCUT2D eigenvalue weighted by Crippen LogP contribution is 2.26. The Morgan fingerprint density at radius 2 is 2.08 bits per heavy atom. The van der Waals surface area contributed by atoms with Crippen molar-refractivity contribution in [3.05, 3.63) is 23.2 Å². The van der Waals surface area contributed by atoms with E-state index in [0.29, 0.717) is 11.6 Å². The largest absolute Gasteiger partial charge is 0.338 e. The van der Waals surface area contributed by atoms with Crippen LogP contribution in [0.15, 0.2) is 23.4 Å². The number of urea groups is 1. The summed E-state index contributed by atoms with van der Waals surface area (Å²) in [5, 5.41) is 6.30. The molecule has 1 heterocycles. The Morgan fingerprint density at radius 1 is 1.29 bits per heavy atom. The number of thioether (sulfide) groups is 1. The molecule has 0 unspecified atom stereocenters. The maximum Gasteiger partial charge on any atom is 0.321 e. The van der Waals surface area contributed by atoms with Crippen molar-refractivity contribution in [1.82, 2.24) is 20.2 Å². The van der Waals surface area contributed by atoms with Crippen molar-refractivity contribution in [2.75, 3.05) is 12.3 Å². The van der Waals surface area contributed by atoms with E-state index in [-0.39, 0.29) is 11.7 Å². The minimum absolute atomic E-state index is 0.125. The fourth-order valence-electron chi connectivity index (χ4n) is 2.21. The topological polar surface area (TPSA) is 76.0 Å². The summed E-state index contributed by atoms with van der Waals surface area (Å²) in [6, 6.07) is 5.11. The number of carbonyl (C=O) groups is 2. The Kier molecular flexibility index (Phi) is 6.93. The molecule has 1 aromatic heterocycles. The summed E-state index contributed by atoms with van der Waals surface area (Å²) in [6.45, 7) is 5.38. The molecule has 0 saturated carbocycles. The first kappa shape index (κ1) is 18.6. The molecule has 0 aliphatic heterocycles. The van der Waals surface area contributed by atoms with Crippen LogP contribution in [0.4, 0.5) is 4.79 Å². The quantitative estimate of drug-likeness (QED) is 0.734. The van der Waals surface area contributed by atoms with E-state index in [1.807, 2.05) is 25.1 Å². The number of carbonyl (C=O) groups excluding carboxylic acids is 2. The number of nitrogens with one attached hydrogen (secondary N) is 2. The first-order valence-electron chi connectivity index (χ1n) is 7.91. The highest BCUT2D eigenvalue weighted by atomic mass is 35.5. The number of imidazole rings is 1. The van der Waals surface area contributed by atoms with Crippen LogP contribution in [0, 0.1) is 0 Å². The maximum atomic E-state index is 11.9. The van der Waals surface area contributed by atoms with Crippen LogP contribution >= 0.6 is 23.4 Å². The minimum Gasteiger partial charge on any atom is -0.338 e. The SMILES string of the molecule is CCCNC(=O)NC(=O)CSc1nc2cc(Cl)ccc2n1CCC. The van der Waals surface area contributed by atoms with Gasteiger partial charge in [-0.05, 0) is 31.0 Å². The third-order valence-corrected chi connectivity index (χ3v) is 4.45. The van der Waals surface area contributed by atoms with Gasteiger partial charge in [-0.1, -0.05) is 37.2 Å². The van der Waals surface area contributed by atoms with E-state index in [4.69, 9.17) is 11.6 Å². The van der Waals surface area contributed by atoms with Crippen LogP contribution in [-0.4, -0.2) is 33.8 Å². The summed E-state index contributed by atoms with van der Waals surface area (Å²) in [5.41, 5.74) is 1.80. The summed E-state index contributed by atoms with van der Waals surface area (Å²) < 4.78 is 2.07. The lowest BCUT2D eigenvalue weighted by molar-refractivity contribution is -0.117. The Morgan fingerprint density at radius 3 is 2.79 bits per heavy atom. The van der Waals surface area contributed by atoms with Gasteiger partial charge < -0.3 is 9.88 Å².